The predicted molar refractivity (Wildman–Crippen MR) is 135 cm³/mol. The van der Waals surface area contributed by atoms with Crippen LogP contribution in [0.1, 0.15) is 28.7 Å². The monoisotopic (exact) mass is 526 g/mol. The number of nitrogens with zero attached hydrogens (tertiary/aromatic N) is 4. The van der Waals surface area contributed by atoms with Gasteiger partial charge in [0, 0.05) is 27.8 Å². The third-order valence-electron chi connectivity index (χ3n) is 5.39. The molecule has 5 rings (SSSR count). The van der Waals surface area contributed by atoms with E-state index < -0.39 is 5.78 Å². The van der Waals surface area contributed by atoms with Gasteiger partial charge in [-0.3, -0.25) is 9.78 Å². The standard InChI is InChI=1S/C25H17Cl3N4O3/c1-2-34-17-7-8-20-18(11-17)21(23(28)32(20)13-15-5-6-16(26)10-19(15)27)22(33)24-30-25(35-31-24)14-4-3-9-29-12-14/h3-12H,2,13H2,1H3. The fourth-order valence-corrected chi connectivity index (χ4v) is 4.59. The van der Waals surface area contributed by atoms with E-state index in [0.717, 1.165) is 11.1 Å². The highest BCUT2D eigenvalue weighted by atomic mass is 35.5. The minimum atomic E-state index is -0.478. The number of carbonyl (C=O) groups is 1. The molecule has 10 heteroatoms. The number of ketones is 1. The molecule has 0 radical (unpaired) electrons. The predicted octanol–water partition coefficient (Wildman–Crippen LogP) is 6.72. The maximum Gasteiger partial charge on any atom is 0.259 e. The highest BCUT2D eigenvalue weighted by Crippen LogP contribution is 2.36. The van der Waals surface area contributed by atoms with Crippen molar-refractivity contribution < 1.29 is 14.1 Å². The molecule has 0 aliphatic rings. The first-order valence-corrected chi connectivity index (χ1v) is 11.8. The third-order valence-corrected chi connectivity index (χ3v) is 6.37. The summed E-state index contributed by atoms with van der Waals surface area (Å²) in [6, 6.07) is 14.2. The first kappa shape index (κ1) is 23.4. The summed E-state index contributed by atoms with van der Waals surface area (Å²) in [6.45, 7) is 2.68. The highest BCUT2D eigenvalue weighted by Gasteiger charge is 2.27. The van der Waals surface area contributed by atoms with Crippen molar-refractivity contribution in [2.24, 2.45) is 0 Å². The van der Waals surface area contributed by atoms with Crippen molar-refractivity contribution in [3.8, 4) is 17.2 Å². The van der Waals surface area contributed by atoms with Crippen LogP contribution in [0.5, 0.6) is 5.75 Å². The molecule has 0 saturated heterocycles. The van der Waals surface area contributed by atoms with Crippen LogP contribution in [-0.4, -0.2) is 32.1 Å². The largest absolute Gasteiger partial charge is 0.494 e. The molecule has 0 spiro atoms. The summed E-state index contributed by atoms with van der Waals surface area (Å²) in [4.78, 5) is 21.9. The van der Waals surface area contributed by atoms with Gasteiger partial charge in [0.1, 0.15) is 10.9 Å². The Morgan fingerprint density at radius 3 is 2.71 bits per heavy atom. The normalized spacial score (nSPS) is 11.2. The second kappa shape index (κ2) is 9.70. The molecule has 0 atom stereocenters. The molecule has 176 valence electrons. The summed E-state index contributed by atoms with van der Waals surface area (Å²) in [5.74, 6) is 0.199. The number of aromatic nitrogens is 4. The lowest BCUT2D eigenvalue weighted by molar-refractivity contribution is 0.102. The Hall–Kier alpha value is -3.39. The molecule has 35 heavy (non-hydrogen) atoms. The average molecular weight is 528 g/mol. The zero-order valence-electron chi connectivity index (χ0n) is 18.3. The van der Waals surface area contributed by atoms with Crippen molar-refractivity contribution in [1.82, 2.24) is 19.7 Å². The topological polar surface area (TPSA) is 83.0 Å². The summed E-state index contributed by atoms with van der Waals surface area (Å²) in [5, 5.41) is 5.74. The van der Waals surface area contributed by atoms with E-state index in [4.69, 9.17) is 44.1 Å². The molecule has 0 aliphatic heterocycles. The Balaban J connectivity index is 1.62. The number of rotatable bonds is 7. The van der Waals surface area contributed by atoms with Crippen molar-refractivity contribution in [1.29, 1.82) is 0 Å². The molecule has 7 nitrogen and oxygen atoms in total. The van der Waals surface area contributed by atoms with Gasteiger partial charge >= 0.3 is 0 Å². The van der Waals surface area contributed by atoms with Gasteiger partial charge in [0.2, 0.25) is 11.6 Å². The van der Waals surface area contributed by atoms with Crippen LogP contribution < -0.4 is 4.74 Å². The van der Waals surface area contributed by atoms with Gasteiger partial charge in [-0.15, -0.1) is 0 Å². The highest BCUT2D eigenvalue weighted by molar-refractivity contribution is 6.37. The zero-order chi connectivity index (χ0) is 24.5. The SMILES string of the molecule is CCOc1ccc2c(c1)c(C(=O)c1noc(-c3cccnc3)n1)c(Cl)n2Cc1ccc(Cl)cc1Cl. The van der Waals surface area contributed by atoms with E-state index in [9.17, 15) is 4.79 Å². The van der Waals surface area contributed by atoms with Gasteiger partial charge in [-0.1, -0.05) is 46.0 Å². The molecule has 0 amide bonds. The van der Waals surface area contributed by atoms with Crippen LogP contribution >= 0.6 is 34.8 Å². The minimum absolute atomic E-state index is 0.115. The van der Waals surface area contributed by atoms with Gasteiger partial charge in [0.15, 0.2) is 0 Å². The van der Waals surface area contributed by atoms with Crippen molar-refractivity contribution in [2.75, 3.05) is 6.61 Å². The molecule has 5 aromatic rings. The number of ether oxygens (including phenoxy) is 1. The Bertz CT molecular complexity index is 1550. The van der Waals surface area contributed by atoms with Crippen LogP contribution in [0, 0.1) is 0 Å². The fourth-order valence-electron chi connectivity index (χ4n) is 3.78. The maximum absolute atomic E-state index is 13.6. The minimum Gasteiger partial charge on any atom is -0.494 e. The Morgan fingerprint density at radius 2 is 1.97 bits per heavy atom. The average Bonchev–Trinajstić information content (AvgIpc) is 3.45. The van der Waals surface area contributed by atoms with Crippen molar-refractivity contribution in [3.05, 3.63) is 93.1 Å². The van der Waals surface area contributed by atoms with Gasteiger partial charge in [0.25, 0.3) is 5.89 Å². The molecule has 3 heterocycles. The van der Waals surface area contributed by atoms with E-state index in [-0.39, 0.29) is 22.4 Å². The number of carbonyl (C=O) groups excluding carboxylic acids is 1. The van der Waals surface area contributed by atoms with Gasteiger partial charge in [-0.05, 0) is 55.0 Å². The lowest BCUT2D eigenvalue weighted by atomic mass is 10.1. The lowest BCUT2D eigenvalue weighted by Crippen LogP contribution is -2.06. The number of benzene rings is 2. The molecule has 3 aromatic heterocycles. The van der Waals surface area contributed by atoms with Gasteiger partial charge < -0.3 is 13.8 Å². The molecule has 2 aromatic carbocycles. The molecule has 0 bridgehead atoms. The van der Waals surface area contributed by atoms with Crippen molar-refractivity contribution in [3.63, 3.8) is 0 Å². The van der Waals surface area contributed by atoms with E-state index in [1.54, 1.807) is 47.3 Å². The number of halogens is 3. The molecule has 0 fully saturated rings. The maximum atomic E-state index is 13.6. The van der Waals surface area contributed by atoms with Gasteiger partial charge in [0.05, 0.1) is 29.8 Å². The summed E-state index contributed by atoms with van der Waals surface area (Å²) in [7, 11) is 0. The number of hydrogen-bond acceptors (Lipinski definition) is 6. The number of fused-ring (bicyclic) bond motifs is 1. The van der Waals surface area contributed by atoms with E-state index in [2.05, 4.69) is 15.1 Å². The smallest absolute Gasteiger partial charge is 0.259 e. The first-order valence-electron chi connectivity index (χ1n) is 10.6. The molecular weight excluding hydrogens is 511 g/mol. The Labute approximate surface area is 215 Å². The van der Waals surface area contributed by atoms with E-state index >= 15 is 0 Å². The molecule has 0 saturated carbocycles. The van der Waals surface area contributed by atoms with Crippen LogP contribution in [0.4, 0.5) is 0 Å². The van der Waals surface area contributed by atoms with Crippen molar-refractivity contribution >= 4 is 51.5 Å². The van der Waals surface area contributed by atoms with Crippen LogP contribution in [0.25, 0.3) is 22.4 Å². The van der Waals surface area contributed by atoms with Crippen LogP contribution in [0.15, 0.2) is 65.4 Å². The van der Waals surface area contributed by atoms with Gasteiger partial charge in [-0.2, -0.15) is 4.98 Å². The first-order chi connectivity index (χ1) is 17.0. The van der Waals surface area contributed by atoms with Crippen LogP contribution in [-0.2, 0) is 6.54 Å². The molecular formula is C25H17Cl3N4O3. The lowest BCUT2D eigenvalue weighted by Gasteiger charge is -2.10. The van der Waals surface area contributed by atoms with Crippen LogP contribution in [0.3, 0.4) is 0 Å². The summed E-state index contributed by atoms with van der Waals surface area (Å²) < 4.78 is 12.8. The summed E-state index contributed by atoms with van der Waals surface area (Å²) >= 11 is 19.3. The third kappa shape index (κ3) is 4.50. The Morgan fingerprint density at radius 1 is 1.11 bits per heavy atom. The second-order valence-electron chi connectivity index (χ2n) is 7.59. The number of hydrogen-bond donors (Lipinski definition) is 0. The van der Waals surface area contributed by atoms with E-state index in [1.807, 2.05) is 25.1 Å². The fraction of sp³-hybridized carbons (Fsp3) is 0.120. The van der Waals surface area contributed by atoms with E-state index in [1.165, 1.54) is 0 Å². The van der Waals surface area contributed by atoms with Crippen LogP contribution in [0.2, 0.25) is 15.2 Å². The van der Waals surface area contributed by atoms with Gasteiger partial charge in [-0.25, -0.2) is 0 Å². The zero-order valence-corrected chi connectivity index (χ0v) is 20.6. The number of pyridine rings is 1. The molecule has 0 unspecified atom stereocenters. The second-order valence-corrected chi connectivity index (χ2v) is 8.80. The molecule has 0 N–H and O–H groups in total. The van der Waals surface area contributed by atoms with Crippen molar-refractivity contribution in [2.45, 2.75) is 13.5 Å². The summed E-state index contributed by atoms with van der Waals surface area (Å²) in [5.41, 5.74) is 2.36. The Kier molecular flexibility index (Phi) is 6.47. The summed E-state index contributed by atoms with van der Waals surface area (Å²) in [6.07, 6.45) is 3.20. The quantitative estimate of drug-likeness (QED) is 0.218. The van der Waals surface area contributed by atoms with E-state index in [0.29, 0.717) is 39.9 Å². The molecule has 0 aliphatic carbocycles.